The molecule has 0 N–H and O–H groups in total. The van der Waals surface area contributed by atoms with Gasteiger partial charge in [-0.2, -0.15) is 5.26 Å². The van der Waals surface area contributed by atoms with Gasteiger partial charge in [-0.1, -0.05) is 84.9 Å². The molecule has 7 aromatic rings. The van der Waals surface area contributed by atoms with Gasteiger partial charge in [-0.05, 0) is 63.4 Å². The second-order valence-corrected chi connectivity index (χ2v) is 10.2. The minimum absolute atomic E-state index is 0.615. The van der Waals surface area contributed by atoms with E-state index in [9.17, 15) is 5.26 Å². The summed E-state index contributed by atoms with van der Waals surface area (Å²) in [7, 11) is 0. The molecule has 0 amide bonds. The molecule has 2 nitrogen and oxygen atoms in total. The van der Waals surface area contributed by atoms with Crippen LogP contribution in [-0.4, -0.2) is 4.98 Å². The zero-order valence-electron chi connectivity index (χ0n) is 19.8. The molecular formula is C34H20N2S. The van der Waals surface area contributed by atoms with Gasteiger partial charge < -0.3 is 0 Å². The first-order chi connectivity index (χ1) is 18.3. The quantitative estimate of drug-likeness (QED) is 0.248. The SMILES string of the molecule is N#Cc1ccnc(-c2cccc(-c3ccc4c(c3)sc3cc(-c5ccccc5)c5ccccc5c34)c2)c1. The third-order valence-electron chi connectivity index (χ3n) is 6.94. The zero-order chi connectivity index (χ0) is 24.8. The first-order valence-electron chi connectivity index (χ1n) is 12.2. The molecule has 3 heteroatoms. The van der Waals surface area contributed by atoms with Crippen LogP contribution in [0.3, 0.4) is 0 Å². The Hall–Kier alpha value is -4.78. The van der Waals surface area contributed by atoms with E-state index in [1.54, 1.807) is 12.3 Å². The molecule has 172 valence electrons. The fraction of sp³-hybridized carbons (Fsp3) is 0. The van der Waals surface area contributed by atoms with Crippen molar-refractivity contribution in [1.29, 1.82) is 5.26 Å². The second-order valence-electron chi connectivity index (χ2n) is 9.14. The van der Waals surface area contributed by atoms with Crippen LogP contribution >= 0.6 is 11.3 Å². The molecule has 5 aromatic carbocycles. The van der Waals surface area contributed by atoms with Crippen molar-refractivity contribution in [2.24, 2.45) is 0 Å². The molecule has 0 aliphatic rings. The van der Waals surface area contributed by atoms with Crippen LogP contribution in [0.25, 0.3) is 64.5 Å². The maximum absolute atomic E-state index is 9.27. The summed E-state index contributed by atoms with van der Waals surface area (Å²) in [5, 5.41) is 14.5. The van der Waals surface area contributed by atoms with Crippen molar-refractivity contribution < 1.29 is 0 Å². The average molecular weight is 489 g/mol. The van der Waals surface area contributed by atoms with E-state index in [-0.39, 0.29) is 0 Å². The minimum atomic E-state index is 0.615. The van der Waals surface area contributed by atoms with Gasteiger partial charge in [-0.3, -0.25) is 4.98 Å². The monoisotopic (exact) mass is 488 g/mol. The predicted molar refractivity (Wildman–Crippen MR) is 156 cm³/mol. The number of rotatable bonds is 3. The summed E-state index contributed by atoms with van der Waals surface area (Å²) < 4.78 is 2.58. The van der Waals surface area contributed by atoms with Crippen LogP contribution in [0.2, 0.25) is 0 Å². The molecule has 37 heavy (non-hydrogen) atoms. The molecule has 0 fully saturated rings. The third-order valence-corrected chi connectivity index (χ3v) is 8.04. The second kappa shape index (κ2) is 8.71. The smallest absolute Gasteiger partial charge is 0.0992 e. The molecule has 0 bridgehead atoms. The molecule has 0 saturated carbocycles. The van der Waals surface area contributed by atoms with E-state index in [0.29, 0.717) is 5.56 Å². The Morgan fingerprint density at radius 3 is 2.19 bits per heavy atom. The van der Waals surface area contributed by atoms with Gasteiger partial charge in [0.05, 0.1) is 17.3 Å². The number of nitriles is 1. The molecule has 0 unspecified atom stereocenters. The van der Waals surface area contributed by atoms with Gasteiger partial charge in [-0.25, -0.2) is 0 Å². The molecule has 0 radical (unpaired) electrons. The van der Waals surface area contributed by atoms with Gasteiger partial charge >= 0.3 is 0 Å². The van der Waals surface area contributed by atoms with Crippen LogP contribution in [0.4, 0.5) is 0 Å². The minimum Gasteiger partial charge on any atom is -0.256 e. The highest BCUT2D eigenvalue weighted by Gasteiger charge is 2.14. The van der Waals surface area contributed by atoms with Crippen molar-refractivity contribution in [2.75, 3.05) is 0 Å². The Kier molecular flexibility index (Phi) is 5.06. The van der Waals surface area contributed by atoms with E-state index >= 15 is 0 Å². The van der Waals surface area contributed by atoms with Gasteiger partial charge in [0.1, 0.15) is 0 Å². The third kappa shape index (κ3) is 3.67. The zero-order valence-corrected chi connectivity index (χ0v) is 20.7. The van der Waals surface area contributed by atoms with E-state index in [1.807, 2.05) is 23.5 Å². The number of benzene rings is 5. The number of fused-ring (bicyclic) bond motifs is 5. The predicted octanol–water partition coefficient (Wildman–Crippen LogP) is 9.48. The van der Waals surface area contributed by atoms with Crippen molar-refractivity contribution in [3.8, 4) is 39.6 Å². The molecule has 2 heterocycles. The Labute approximate surface area is 218 Å². The Morgan fingerprint density at radius 2 is 1.32 bits per heavy atom. The lowest BCUT2D eigenvalue weighted by molar-refractivity contribution is 1.31. The van der Waals surface area contributed by atoms with Gasteiger partial charge in [0.15, 0.2) is 0 Å². The first-order valence-corrected chi connectivity index (χ1v) is 13.0. The Morgan fingerprint density at radius 1 is 0.568 bits per heavy atom. The number of hydrogen-bond acceptors (Lipinski definition) is 3. The van der Waals surface area contributed by atoms with Crippen molar-refractivity contribution >= 4 is 42.3 Å². The van der Waals surface area contributed by atoms with Crippen LogP contribution in [-0.2, 0) is 0 Å². The average Bonchev–Trinajstić information content (AvgIpc) is 3.35. The lowest BCUT2D eigenvalue weighted by Gasteiger charge is -2.09. The summed E-state index contributed by atoms with van der Waals surface area (Å²) in [4.78, 5) is 4.48. The summed E-state index contributed by atoms with van der Waals surface area (Å²) in [6.07, 6.45) is 1.69. The number of thiophene rings is 1. The molecule has 0 spiro atoms. The van der Waals surface area contributed by atoms with Crippen molar-refractivity contribution in [3.63, 3.8) is 0 Å². The Bertz CT molecular complexity index is 1990. The summed E-state index contributed by atoms with van der Waals surface area (Å²) in [6.45, 7) is 0. The van der Waals surface area contributed by atoms with Gasteiger partial charge in [0, 0.05) is 31.9 Å². The summed E-state index contributed by atoms with van der Waals surface area (Å²) in [6, 6.07) is 42.7. The lowest BCUT2D eigenvalue weighted by Crippen LogP contribution is -1.86. The molecule has 0 saturated heterocycles. The number of pyridine rings is 1. The van der Waals surface area contributed by atoms with Gasteiger partial charge in [-0.15, -0.1) is 11.3 Å². The number of hydrogen-bond donors (Lipinski definition) is 0. The maximum Gasteiger partial charge on any atom is 0.0992 e. The number of aromatic nitrogens is 1. The molecule has 0 aliphatic heterocycles. The normalized spacial score (nSPS) is 11.2. The summed E-state index contributed by atoms with van der Waals surface area (Å²) in [5.41, 5.74) is 7.25. The Balaban J connectivity index is 1.40. The summed E-state index contributed by atoms with van der Waals surface area (Å²) >= 11 is 1.85. The molecule has 0 aliphatic carbocycles. The van der Waals surface area contributed by atoms with E-state index in [1.165, 1.54) is 47.6 Å². The van der Waals surface area contributed by atoms with Gasteiger partial charge in [0.25, 0.3) is 0 Å². The van der Waals surface area contributed by atoms with Crippen molar-refractivity contribution in [1.82, 2.24) is 4.98 Å². The van der Waals surface area contributed by atoms with E-state index < -0.39 is 0 Å². The van der Waals surface area contributed by atoms with Gasteiger partial charge in [0.2, 0.25) is 0 Å². The molecule has 2 aromatic heterocycles. The summed E-state index contributed by atoms with van der Waals surface area (Å²) in [5.74, 6) is 0. The van der Waals surface area contributed by atoms with Crippen LogP contribution in [0.1, 0.15) is 5.56 Å². The topological polar surface area (TPSA) is 36.7 Å². The van der Waals surface area contributed by atoms with Crippen molar-refractivity contribution in [2.45, 2.75) is 0 Å². The molecule has 7 rings (SSSR count). The van der Waals surface area contributed by atoms with Crippen LogP contribution in [0.15, 0.2) is 121 Å². The number of nitrogens with zero attached hydrogens (tertiary/aromatic N) is 2. The van der Waals surface area contributed by atoms with Crippen molar-refractivity contribution in [3.05, 3.63) is 127 Å². The highest BCUT2D eigenvalue weighted by Crippen LogP contribution is 2.43. The highest BCUT2D eigenvalue weighted by atomic mass is 32.1. The van der Waals surface area contributed by atoms with E-state index in [0.717, 1.165) is 16.8 Å². The maximum atomic E-state index is 9.27. The fourth-order valence-corrected chi connectivity index (χ4v) is 6.39. The molecular weight excluding hydrogens is 468 g/mol. The van der Waals surface area contributed by atoms with Crippen LogP contribution in [0, 0.1) is 11.3 Å². The highest BCUT2D eigenvalue weighted by molar-refractivity contribution is 7.26. The first kappa shape index (κ1) is 21.5. The van der Waals surface area contributed by atoms with Crippen LogP contribution < -0.4 is 0 Å². The fourth-order valence-electron chi connectivity index (χ4n) is 5.19. The van der Waals surface area contributed by atoms with E-state index in [4.69, 9.17) is 0 Å². The molecule has 0 atom stereocenters. The van der Waals surface area contributed by atoms with Crippen LogP contribution in [0.5, 0.6) is 0 Å². The lowest BCUT2D eigenvalue weighted by atomic mass is 9.94. The van der Waals surface area contributed by atoms with E-state index in [2.05, 4.69) is 108 Å². The standard InChI is InChI=1S/C34H20N2S/c35-21-22-15-16-36-31(17-22)26-10-6-9-24(18-26)25-13-14-29-32(19-25)37-33-20-30(23-7-2-1-3-8-23)27-11-4-5-12-28(27)34(29)33/h1-20H. The largest absolute Gasteiger partial charge is 0.256 e.